The number of halogens is 3. The predicted octanol–water partition coefficient (Wildman–Crippen LogP) is 2.78. The molecule has 2 aromatic carbocycles. The van der Waals surface area contributed by atoms with Gasteiger partial charge in [-0.2, -0.15) is 0 Å². The number of carbonyl (C=O) groups is 1. The van der Waals surface area contributed by atoms with Crippen LogP contribution >= 0.6 is 0 Å². The highest BCUT2D eigenvalue weighted by molar-refractivity contribution is 6.07. The number of alkyl halides is 3. The third-order valence-corrected chi connectivity index (χ3v) is 3.70. The van der Waals surface area contributed by atoms with Crippen LogP contribution in [0.25, 0.3) is 0 Å². The molecule has 0 aliphatic carbocycles. The summed E-state index contributed by atoms with van der Waals surface area (Å²) in [7, 11) is 1.46. The molecule has 0 unspecified atom stereocenters. The Morgan fingerprint density at radius 2 is 1.71 bits per heavy atom. The van der Waals surface area contributed by atoms with E-state index in [0.29, 0.717) is 5.75 Å². The number of fused-ring (bicyclic) bond motifs is 1. The molecular weight excluding hydrogens is 327 g/mol. The van der Waals surface area contributed by atoms with E-state index in [0.717, 1.165) is 12.1 Å². The van der Waals surface area contributed by atoms with Crippen LogP contribution in [0.4, 0.5) is 18.9 Å². The third-order valence-electron chi connectivity index (χ3n) is 3.70. The van der Waals surface area contributed by atoms with Crippen LogP contribution in [0.15, 0.2) is 42.5 Å². The van der Waals surface area contributed by atoms with Crippen molar-refractivity contribution >= 4 is 11.6 Å². The molecule has 0 spiro atoms. The number of aliphatic hydroxyl groups is 1. The van der Waals surface area contributed by atoms with E-state index >= 15 is 0 Å². The summed E-state index contributed by atoms with van der Waals surface area (Å²) >= 11 is 0. The summed E-state index contributed by atoms with van der Waals surface area (Å²) < 4.78 is 46.0. The first-order valence-corrected chi connectivity index (χ1v) is 6.82. The zero-order valence-corrected chi connectivity index (χ0v) is 12.3. The Balaban J connectivity index is 2.07. The van der Waals surface area contributed by atoms with E-state index in [-0.39, 0.29) is 16.8 Å². The molecule has 3 rings (SSSR count). The molecule has 8 heteroatoms. The molecule has 0 saturated carbocycles. The lowest BCUT2D eigenvalue weighted by Gasteiger charge is -2.22. The summed E-state index contributed by atoms with van der Waals surface area (Å²) in [6.07, 6.45) is -4.87. The number of amides is 1. The van der Waals surface area contributed by atoms with E-state index in [4.69, 9.17) is 4.74 Å². The fourth-order valence-corrected chi connectivity index (χ4v) is 2.58. The quantitative estimate of drug-likeness (QED) is 0.902. The second-order valence-corrected chi connectivity index (χ2v) is 5.15. The number of nitrogens with one attached hydrogen (secondary N) is 1. The van der Waals surface area contributed by atoms with Gasteiger partial charge in [-0.25, -0.2) is 0 Å². The Morgan fingerprint density at radius 1 is 1.08 bits per heavy atom. The van der Waals surface area contributed by atoms with E-state index in [1.54, 1.807) is 0 Å². The number of hydrogen-bond acceptors (Lipinski definition) is 4. The van der Waals surface area contributed by atoms with Crippen molar-refractivity contribution in [3.05, 3.63) is 53.6 Å². The highest BCUT2D eigenvalue weighted by Crippen LogP contribution is 2.43. The molecular formula is C16H12F3NO4. The van der Waals surface area contributed by atoms with Gasteiger partial charge in [0.05, 0.1) is 7.11 Å². The molecule has 1 heterocycles. The van der Waals surface area contributed by atoms with Gasteiger partial charge in [0.1, 0.15) is 11.5 Å². The number of anilines is 1. The van der Waals surface area contributed by atoms with E-state index < -0.39 is 23.6 Å². The van der Waals surface area contributed by atoms with Crippen LogP contribution in [0.3, 0.4) is 0 Å². The summed E-state index contributed by atoms with van der Waals surface area (Å²) in [5, 5.41) is 13.3. The Bertz CT molecular complexity index is 789. The molecule has 126 valence electrons. The van der Waals surface area contributed by atoms with E-state index in [1.807, 2.05) is 0 Å². The van der Waals surface area contributed by atoms with Crippen LogP contribution in [0.1, 0.15) is 11.1 Å². The summed E-state index contributed by atoms with van der Waals surface area (Å²) in [4.78, 5) is 12.2. The maximum Gasteiger partial charge on any atom is 0.573 e. The van der Waals surface area contributed by atoms with Gasteiger partial charge in [-0.05, 0) is 35.9 Å². The monoisotopic (exact) mass is 339 g/mol. The topological polar surface area (TPSA) is 67.8 Å². The first-order valence-electron chi connectivity index (χ1n) is 6.82. The Morgan fingerprint density at radius 3 is 2.29 bits per heavy atom. The van der Waals surface area contributed by atoms with Gasteiger partial charge in [0, 0.05) is 11.3 Å². The zero-order chi connectivity index (χ0) is 17.5. The second-order valence-electron chi connectivity index (χ2n) is 5.15. The number of benzene rings is 2. The first-order chi connectivity index (χ1) is 11.2. The van der Waals surface area contributed by atoms with Gasteiger partial charge in [0.25, 0.3) is 5.91 Å². The van der Waals surface area contributed by atoms with Crippen LogP contribution in [0.2, 0.25) is 0 Å². The van der Waals surface area contributed by atoms with Crippen LogP contribution in [0.5, 0.6) is 11.5 Å². The largest absolute Gasteiger partial charge is 0.573 e. The molecule has 0 fully saturated rings. The Labute approximate surface area is 134 Å². The highest BCUT2D eigenvalue weighted by Gasteiger charge is 2.47. The second kappa shape index (κ2) is 5.41. The smallest absolute Gasteiger partial charge is 0.497 e. The summed E-state index contributed by atoms with van der Waals surface area (Å²) in [5.74, 6) is -0.772. The van der Waals surface area contributed by atoms with Gasteiger partial charge in [-0.3, -0.25) is 4.79 Å². The van der Waals surface area contributed by atoms with E-state index in [2.05, 4.69) is 10.1 Å². The maximum absolute atomic E-state index is 12.4. The van der Waals surface area contributed by atoms with Gasteiger partial charge < -0.3 is 19.9 Å². The van der Waals surface area contributed by atoms with Crippen molar-refractivity contribution in [2.75, 3.05) is 12.4 Å². The van der Waals surface area contributed by atoms with Crippen LogP contribution < -0.4 is 14.8 Å². The van der Waals surface area contributed by atoms with Gasteiger partial charge in [-0.1, -0.05) is 12.1 Å². The Kier molecular flexibility index (Phi) is 3.64. The molecule has 0 bridgehead atoms. The minimum absolute atomic E-state index is 0.0144. The lowest BCUT2D eigenvalue weighted by atomic mass is 9.87. The van der Waals surface area contributed by atoms with Crippen molar-refractivity contribution in [2.45, 2.75) is 12.0 Å². The van der Waals surface area contributed by atoms with Crippen LogP contribution in [0, 0.1) is 0 Å². The van der Waals surface area contributed by atoms with Gasteiger partial charge >= 0.3 is 6.36 Å². The minimum Gasteiger partial charge on any atom is -0.497 e. The SMILES string of the molecule is COc1ccc([C@]2(O)C(=O)Nc3ccc(OC(F)(F)F)cc32)cc1. The molecule has 2 aromatic rings. The first kappa shape index (κ1) is 16.1. The average molecular weight is 339 g/mol. The standard InChI is InChI=1S/C16H12F3NO4/c1-23-10-4-2-9(3-5-10)15(22)12-8-11(24-16(17,18)19)6-7-13(12)20-14(15)21/h2-8,22H,1H3,(H,20,21)/t15-/m1/s1. The Hall–Kier alpha value is -2.74. The molecule has 0 radical (unpaired) electrons. The van der Waals surface area contributed by atoms with Gasteiger partial charge in [-0.15, -0.1) is 13.2 Å². The molecule has 1 aliphatic rings. The van der Waals surface area contributed by atoms with Crippen molar-refractivity contribution in [1.82, 2.24) is 0 Å². The fraction of sp³-hybridized carbons (Fsp3) is 0.188. The average Bonchev–Trinajstić information content (AvgIpc) is 2.78. The molecule has 5 nitrogen and oxygen atoms in total. The molecule has 1 aliphatic heterocycles. The number of rotatable bonds is 3. The molecule has 1 atom stereocenters. The van der Waals surface area contributed by atoms with E-state index in [1.165, 1.54) is 37.4 Å². The zero-order valence-electron chi connectivity index (χ0n) is 12.3. The van der Waals surface area contributed by atoms with Crippen molar-refractivity contribution in [1.29, 1.82) is 0 Å². The number of ether oxygens (including phenoxy) is 2. The lowest BCUT2D eigenvalue weighted by Crippen LogP contribution is -2.35. The molecule has 1 amide bonds. The normalized spacial score (nSPS) is 19.6. The fourth-order valence-electron chi connectivity index (χ4n) is 2.58. The third kappa shape index (κ3) is 2.65. The van der Waals surface area contributed by atoms with Crippen LogP contribution in [-0.2, 0) is 10.4 Å². The lowest BCUT2D eigenvalue weighted by molar-refractivity contribution is -0.274. The van der Waals surface area contributed by atoms with Crippen molar-refractivity contribution in [3.63, 3.8) is 0 Å². The summed E-state index contributed by atoms with van der Waals surface area (Å²) in [5.41, 5.74) is -1.72. The number of hydrogen-bond donors (Lipinski definition) is 2. The number of carbonyl (C=O) groups excluding carboxylic acids is 1. The number of methoxy groups -OCH3 is 1. The summed E-state index contributed by atoms with van der Waals surface area (Å²) in [6, 6.07) is 9.30. The molecule has 0 aromatic heterocycles. The van der Waals surface area contributed by atoms with Crippen molar-refractivity contribution < 1.29 is 32.5 Å². The van der Waals surface area contributed by atoms with Crippen molar-refractivity contribution in [2.24, 2.45) is 0 Å². The molecule has 2 N–H and O–H groups in total. The molecule has 0 saturated heterocycles. The van der Waals surface area contributed by atoms with Gasteiger partial charge in [0.15, 0.2) is 5.60 Å². The van der Waals surface area contributed by atoms with Crippen LogP contribution in [-0.4, -0.2) is 24.5 Å². The van der Waals surface area contributed by atoms with Gasteiger partial charge in [0.2, 0.25) is 0 Å². The highest BCUT2D eigenvalue weighted by atomic mass is 19.4. The van der Waals surface area contributed by atoms with Crippen molar-refractivity contribution in [3.8, 4) is 11.5 Å². The van der Waals surface area contributed by atoms with E-state index in [9.17, 15) is 23.1 Å². The minimum atomic E-state index is -4.87. The molecule has 24 heavy (non-hydrogen) atoms. The maximum atomic E-state index is 12.4. The summed E-state index contributed by atoms with van der Waals surface area (Å²) in [6.45, 7) is 0. The predicted molar refractivity (Wildman–Crippen MR) is 77.7 cm³/mol.